The highest BCUT2D eigenvalue weighted by molar-refractivity contribution is 5.79. The summed E-state index contributed by atoms with van der Waals surface area (Å²) in [6.45, 7) is 0.967. The van der Waals surface area contributed by atoms with Crippen molar-refractivity contribution in [3.63, 3.8) is 0 Å². The fourth-order valence-corrected chi connectivity index (χ4v) is 5.93. The van der Waals surface area contributed by atoms with Gasteiger partial charge >= 0.3 is 11.9 Å². The molecule has 0 aliphatic heterocycles. The Morgan fingerprint density at radius 3 is 2.14 bits per heavy atom. The van der Waals surface area contributed by atoms with Crippen molar-refractivity contribution >= 4 is 17.8 Å². The first kappa shape index (κ1) is 25.9. The van der Waals surface area contributed by atoms with Gasteiger partial charge in [-0.3, -0.25) is 14.4 Å². The Hall–Kier alpha value is -3.15. The number of carbonyl (C=O) groups is 3. The van der Waals surface area contributed by atoms with Crippen LogP contribution in [0.15, 0.2) is 48.5 Å². The van der Waals surface area contributed by atoms with Crippen LogP contribution < -0.4 is 0 Å². The quantitative estimate of drug-likeness (QED) is 0.300. The molecular formula is C30H37NO5. The third-order valence-corrected chi connectivity index (χ3v) is 7.89. The number of carboxylic acids is 1. The molecule has 2 aliphatic rings. The highest BCUT2D eigenvalue weighted by Gasteiger charge is 2.38. The Morgan fingerprint density at radius 2 is 1.53 bits per heavy atom. The zero-order valence-corrected chi connectivity index (χ0v) is 21.2. The lowest BCUT2D eigenvalue weighted by Crippen LogP contribution is -2.34. The van der Waals surface area contributed by atoms with E-state index in [-0.39, 0.29) is 29.6 Å². The van der Waals surface area contributed by atoms with Crippen LogP contribution in [0.25, 0.3) is 11.1 Å². The van der Waals surface area contributed by atoms with Gasteiger partial charge in [0.2, 0.25) is 5.91 Å². The fraction of sp³-hybridized carbons (Fsp3) is 0.500. The number of aliphatic carboxylic acids is 1. The molecule has 6 heteroatoms. The normalized spacial score (nSPS) is 15.8. The lowest BCUT2D eigenvalue weighted by Gasteiger charge is -2.29. The van der Waals surface area contributed by atoms with E-state index < -0.39 is 5.97 Å². The second kappa shape index (κ2) is 11.7. The predicted octanol–water partition coefficient (Wildman–Crippen LogP) is 5.79. The maximum absolute atomic E-state index is 12.7. The minimum atomic E-state index is -0.819. The molecule has 2 aliphatic carbocycles. The van der Waals surface area contributed by atoms with E-state index in [1.165, 1.54) is 22.3 Å². The number of ether oxygens (including phenoxy) is 1. The number of nitrogens with zero attached hydrogens (tertiary/aromatic N) is 1. The smallest absolute Gasteiger partial charge is 0.305 e. The first-order valence-electron chi connectivity index (χ1n) is 13.2. The van der Waals surface area contributed by atoms with Gasteiger partial charge in [-0.1, -0.05) is 67.8 Å². The molecule has 2 aromatic carbocycles. The summed E-state index contributed by atoms with van der Waals surface area (Å²) in [4.78, 5) is 38.1. The maximum Gasteiger partial charge on any atom is 0.305 e. The molecule has 0 atom stereocenters. The highest BCUT2D eigenvalue weighted by atomic mass is 16.5. The van der Waals surface area contributed by atoms with E-state index in [0.717, 1.165) is 44.9 Å². The first-order chi connectivity index (χ1) is 17.4. The van der Waals surface area contributed by atoms with Crippen molar-refractivity contribution in [1.82, 2.24) is 4.90 Å². The third-order valence-electron chi connectivity index (χ3n) is 7.89. The van der Waals surface area contributed by atoms with Gasteiger partial charge < -0.3 is 14.7 Å². The summed E-state index contributed by atoms with van der Waals surface area (Å²) in [5, 5.41) is 9.26. The molecule has 0 spiro atoms. The van der Waals surface area contributed by atoms with Crippen LogP contribution in [-0.2, 0) is 19.1 Å². The van der Waals surface area contributed by atoms with Gasteiger partial charge in [-0.25, -0.2) is 0 Å². The highest BCUT2D eigenvalue weighted by Crippen LogP contribution is 2.45. The molecule has 0 saturated heterocycles. The molecule has 192 valence electrons. The Balaban J connectivity index is 1.16. The van der Waals surface area contributed by atoms with E-state index in [4.69, 9.17) is 4.74 Å². The Kier molecular flexibility index (Phi) is 8.44. The van der Waals surface area contributed by atoms with Gasteiger partial charge in [-0.15, -0.1) is 0 Å². The summed E-state index contributed by atoms with van der Waals surface area (Å²) in [6.07, 6.45) is 6.77. The fourth-order valence-electron chi connectivity index (χ4n) is 5.93. The standard InChI is InChI=1S/C30H37NO5/c1-31(27(32)19-30(20-28(33)34)16-8-9-17-30)18-10-2-3-15-29(35)36-21-26-24-13-6-4-11-22(24)23-12-5-7-14-25(23)26/h4-7,11-14,26H,2-3,8-10,15-21H2,1H3,(H,33,34). The minimum Gasteiger partial charge on any atom is -0.481 e. The number of fused-ring (bicyclic) bond motifs is 3. The number of esters is 1. The van der Waals surface area contributed by atoms with Crippen molar-refractivity contribution in [2.75, 3.05) is 20.2 Å². The van der Waals surface area contributed by atoms with Crippen molar-refractivity contribution in [2.45, 2.75) is 70.1 Å². The van der Waals surface area contributed by atoms with Gasteiger partial charge in [0.25, 0.3) is 0 Å². The van der Waals surface area contributed by atoms with Gasteiger partial charge in [-0.05, 0) is 53.4 Å². The molecule has 2 aromatic rings. The molecule has 0 unspecified atom stereocenters. The summed E-state index contributed by atoms with van der Waals surface area (Å²) in [7, 11) is 1.79. The zero-order chi connectivity index (χ0) is 25.5. The van der Waals surface area contributed by atoms with Crippen LogP contribution in [0.1, 0.15) is 81.3 Å². The van der Waals surface area contributed by atoms with E-state index in [2.05, 4.69) is 24.3 Å². The number of hydrogen-bond donors (Lipinski definition) is 1. The van der Waals surface area contributed by atoms with E-state index in [9.17, 15) is 19.5 Å². The van der Waals surface area contributed by atoms with Gasteiger partial charge in [0.05, 0.1) is 6.42 Å². The molecule has 36 heavy (non-hydrogen) atoms. The molecule has 4 rings (SSSR count). The summed E-state index contributed by atoms with van der Waals surface area (Å²) in [5.74, 6) is -0.904. The molecule has 6 nitrogen and oxygen atoms in total. The second-order valence-corrected chi connectivity index (χ2v) is 10.5. The second-order valence-electron chi connectivity index (χ2n) is 10.5. The Bertz CT molecular complexity index is 1040. The average molecular weight is 492 g/mol. The van der Waals surface area contributed by atoms with E-state index in [0.29, 0.717) is 26.0 Å². The third kappa shape index (κ3) is 6.15. The minimum absolute atomic E-state index is 0.0229. The monoisotopic (exact) mass is 491 g/mol. The van der Waals surface area contributed by atoms with Crippen molar-refractivity contribution < 1.29 is 24.2 Å². The first-order valence-corrected chi connectivity index (χ1v) is 13.2. The van der Waals surface area contributed by atoms with Crippen LogP contribution in [0.3, 0.4) is 0 Å². The molecule has 1 fully saturated rings. The van der Waals surface area contributed by atoms with Crippen LogP contribution >= 0.6 is 0 Å². The van der Waals surface area contributed by atoms with Gasteiger partial charge in [0, 0.05) is 32.4 Å². The Morgan fingerprint density at radius 1 is 0.917 bits per heavy atom. The average Bonchev–Trinajstić information content (AvgIpc) is 3.44. The SMILES string of the molecule is CN(CCCCCC(=O)OCC1c2ccccc2-c2ccccc21)C(=O)CC1(CC(=O)O)CCCC1. The molecule has 1 N–H and O–H groups in total. The summed E-state index contributed by atoms with van der Waals surface area (Å²) in [6, 6.07) is 16.6. The van der Waals surface area contributed by atoms with Gasteiger partial charge in [-0.2, -0.15) is 0 Å². The van der Waals surface area contributed by atoms with Crippen molar-refractivity contribution in [3.8, 4) is 11.1 Å². The number of benzene rings is 2. The molecule has 0 heterocycles. The molecule has 0 radical (unpaired) electrons. The number of unbranched alkanes of at least 4 members (excludes halogenated alkanes) is 2. The van der Waals surface area contributed by atoms with E-state index >= 15 is 0 Å². The summed E-state index contributed by atoms with van der Waals surface area (Å²) in [5.41, 5.74) is 4.48. The van der Waals surface area contributed by atoms with Crippen molar-refractivity contribution in [2.24, 2.45) is 5.41 Å². The van der Waals surface area contributed by atoms with Crippen LogP contribution in [0, 0.1) is 5.41 Å². The number of amides is 1. The van der Waals surface area contributed by atoms with Gasteiger partial charge in [0.15, 0.2) is 0 Å². The molecular weight excluding hydrogens is 454 g/mol. The van der Waals surface area contributed by atoms with Crippen LogP contribution in [-0.4, -0.2) is 48.1 Å². The van der Waals surface area contributed by atoms with Crippen LogP contribution in [0.2, 0.25) is 0 Å². The molecule has 1 saturated carbocycles. The maximum atomic E-state index is 12.7. The topological polar surface area (TPSA) is 83.9 Å². The molecule has 1 amide bonds. The van der Waals surface area contributed by atoms with Crippen molar-refractivity contribution in [3.05, 3.63) is 59.7 Å². The lowest BCUT2D eigenvalue weighted by molar-refractivity contribution is -0.144. The molecule has 0 bridgehead atoms. The number of carbonyl (C=O) groups excluding carboxylic acids is 2. The summed E-state index contributed by atoms with van der Waals surface area (Å²) >= 11 is 0. The largest absolute Gasteiger partial charge is 0.481 e. The van der Waals surface area contributed by atoms with Crippen LogP contribution in [0.5, 0.6) is 0 Å². The number of hydrogen-bond acceptors (Lipinski definition) is 4. The van der Waals surface area contributed by atoms with Gasteiger partial charge in [0.1, 0.15) is 6.61 Å². The summed E-state index contributed by atoms with van der Waals surface area (Å²) < 4.78 is 5.67. The van der Waals surface area contributed by atoms with Crippen molar-refractivity contribution in [1.29, 1.82) is 0 Å². The zero-order valence-electron chi connectivity index (χ0n) is 21.2. The van der Waals surface area contributed by atoms with E-state index in [1.54, 1.807) is 11.9 Å². The van der Waals surface area contributed by atoms with E-state index in [1.807, 2.05) is 24.3 Å². The lowest BCUT2D eigenvalue weighted by atomic mass is 9.79. The van der Waals surface area contributed by atoms with Crippen LogP contribution in [0.4, 0.5) is 0 Å². The number of rotatable bonds is 12. The molecule has 0 aromatic heterocycles. The predicted molar refractivity (Wildman–Crippen MR) is 139 cm³/mol. The number of carboxylic acid groups (broad SMARTS) is 1. The Labute approximate surface area is 213 Å².